The van der Waals surface area contributed by atoms with Crippen LogP contribution < -0.4 is 5.32 Å². The van der Waals surface area contributed by atoms with Crippen molar-refractivity contribution in [3.8, 4) is 11.1 Å². The molecule has 0 aliphatic carbocycles. The second-order valence-electron chi connectivity index (χ2n) is 6.81. The molecule has 1 spiro atoms. The molecule has 134 valence electrons. The standard InChI is InChI=1S/C19H15F3N2O2/c20-14-8-16(22)15(21)7-13(14)11-1-3-12(4-2-11)18(26)24-9-19(10-24)6-5-17(25)23-19/h1-4,7-8H,5-6,9-10H2,(H,23,25). The van der Waals surface area contributed by atoms with E-state index in [0.29, 0.717) is 36.7 Å². The first-order valence-corrected chi connectivity index (χ1v) is 8.22. The van der Waals surface area contributed by atoms with E-state index in [1.165, 1.54) is 24.3 Å². The summed E-state index contributed by atoms with van der Waals surface area (Å²) < 4.78 is 40.2. The van der Waals surface area contributed by atoms with Crippen LogP contribution >= 0.6 is 0 Å². The number of amides is 2. The molecule has 2 amide bonds. The van der Waals surface area contributed by atoms with Gasteiger partial charge in [-0.25, -0.2) is 13.2 Å². The fourth-order valence-corrected chi connectivity index (χ4v) is 3.56. The highest BCUT2D eigenvalue weighted by molar-refractivity contribution is 5.96. The average Bonchev–Trinajstić information content (AvgIpc) is 2.99. The van der Waals surface area contributed by atoms with Gasteiger partial charge in [0.2, 0.25) is 5.91 Å². The Morgan fingerprint density at radius 2 is 1.65 bits per heavy atom. The first-order chi connectivity index (χ1) is 12.4. The number of rotatable bonds is 2. The summed E-state index contributed by atoms with van der Waals surface area (Å²) in [6.07, 6.45) is 1.21. The largest absolute Gasteiger partial charge is 0.347 e. The van der Waals surface area contributed by atoms with E-state index in [9.17, 15) is 22.8 Å². The number of likely N-dealkylation sites (tertiary alicyclic amines) is 1. The average molecular weight is 360 g/mol. The van der Waals surface area contributed by atoms with Crippen LogP contribution in [0, 0.1) is 17.5 Å². The van der Waals surface area contributed by atoms with Gasteiger partial charge in [-0.15, -0.1) is 0 Å². The van der Waals surface area contributed by atoms with Crippen LogP contribution in [0.15, 0.2) is 36.4 Å². The number of hydrogen-bond donors (Lipinski definition) is 1. The van der Waals surface area contributed by atoms with Crippen molar-refractivity contribution >= 4 is 11.8 Å². The lowest BCUT2D eigenvalue weighted by Gasteiger charge is -2.47. The fraction of sp³-hybridized carbons (Fsp3) is 0.263. The number of hydrogen-bond acceptors (Lipinski definition) is 2. The highest BCUT2D eigenvalue weighted by Crippen LogP contribution is 2.32. The molecule has 2 aliphatic heterocycles. The van der Waals surface area contributed by atoms with Gasteiger partial charge < -0.3 is 10.2 Å². The van der Waals surface area contributed by atoms with Gasteiger partial charge in [0.25, 0.3) is 5.91 Å². The molecule has 2 aromatic carbocycles. The fourth-order valence-electron chi connectivity index (χ4n) is 3.56. The summed E-state index contributed by atoms with van der Waals surface area (Å²) in [5, 5.41) is 2.91. The minimum atomic E-state index is -1.25. The van der Waals surface area contributed by atoms with Gasteiger partial charge in [0, 0.05) is 36.7 Å². The van der Waals surface area contributed by atoms with Crippen LogP contribution in [0.3, 0.4) is 0 Å². The Hall–Kier alpha value is -2.83. The molecule has 26 heavy (non-hydrogen) atoms. The number of nitrogens with zero attached hydrogens (tertiary/aromatic N) is 1. The molecule has 4 nitrogen and oxygen atoms in total. The highest BCUT2D eigenvalue weighted by Gasteiger charge is 2.49. The predicted octanol–water partition coefficient (Wildman–Crippen LogP) is 2.88. The molecule has 2 aromatic rings. The SMILES string of the molecule is O=C1CCC2(CN(C(=O)c3ccc(-c4cc(F)c(F)cc4F)cc3)C2)N1. The second kappa shape index (κ2) is 5.86. The molecule has 2 saturated heterocycles. The number of benzene rings is 2. The van der Waals surface area contributed by atoms with Gasteiger partial charge >= 0.3 is 0 Å². The summed E-state index contributed by atoms with van der Waals surface area (Å²) in [5.74, 6) is -3.43. The Balaban J connectivity index is 1.49. The van der Waals surface area contributed by atoms with Crippen LogP contribution in [0.5, 0.6) is 0 Å². The lowest BCUT2D eigenvalue weighted by atomic mass is 9.87. The van der Waals surface area contributed by atoms with E-state index >= 15 is 0 Å². The van der Waals surface area contributed by atoms with E-state index in [0.717, 1.165) is 12.5 Å². The van der Waals surface area contributed by atoms with Crippen LogP contribution in [0.4, 0.5) is 13.2 Å². The summed E-state index contributed by atoms with van der Waals surface area (Å²) in [6, 6.07) is 7.33. The van der Waals surface area contributed by atoms with Crippen molar-refractivity contribution in [1.29, 1.82) is 0 Å². The maximum Gasteiger partial charge on any atom is 0.254 e. The van der Waals surface area contributed by atoms with Crippen LogP contribution in [0.2, 0.25) is 0 Å². The van der Waals surface area contributed by atoms with Gasteiger partial charge in [0.1, 0.15) is 5.82 Å². The van der Waals surface area contributed by atoms with Gasteiger partial charge in [0.15, 0.2) is 11.6 Å². The van der Waals surface area contributed by atoms with Crippen molar-refractivity contribution < 1.29 is 22.8 Å². The summed E-state index contributed by atoms with van der Waals surface area (Å²) in [5.41, 5.74) is 0.401. The van der Waals surface area contributed by atoms with Crippen LogP contribution in [0.25, 0.3) is 11.1 Å². The zero-order chi connectivity index (χ0) is 18.5. The Kier molecular flexibility index (Phi) is 3.75. The zero-order valence-corrected chi connectivity index (χ0v) is 13.7. The third-order valence-corrected chi connectivity index (χ3v) is 4.96. The zero-order valence-electron chi connectivity index (χ0n) is 13.7. The van der Waals surface area contributed by atoms with Crippen molar-refractivity contribution in [3.05, 3.63) is 59.4 Å². The van der Waals surface area contributed by atoms with Crippen molar-refractivity contribution in [2.24, 2.45) is 0 Å². The molecule has 4 rings (SSSR count). The molecule has 0 aromatic heterocycles. The minimum absolute atomic E-state index is 0.00927. The molecule has 0 saturated carbocycles. The number of carbonyl (C=O) groups is 2. The Morgan fingerprint density at radius 3 is 2.27 bits per heavy atom. The third kappa shape index (κ3) is 2.73. The van der Waals surface area contributed by atoms with E-state index in [4.69, 9.17) is 0 Å². The molecular formula is C19H15F3N2O2. The number of nitrogens with one attached hydrogen (secondary N) is 1. The molecule has 0 radical (unpaired) electrons. The topological polar surface area (TPSA) is 49.4 Å². The molecule has 7 heteroatoms. The van der Waals surface area contributed by atoms with Crippen molar-refractivity contribution in [2.75, 3.05) is 13.1 Å². The Morgan fingerprint density at radius 1 is 1.00 bits per heavy atom. The van der Waals surface area contributed by atoms with Crippen molar-refractivity contribution in [3.63, 3.8) is 0 Å². The maximum absolute atomic E-state index is 13.9. The van der Waals surface area contributed by atoms with Gasteiger partial charge in [-0.2, -0.15) is 0 Å². The minimum Gasteiger partial charge on any atom is -0.347 e. The summed E-state index contributed by atoms with van der Waals surface area (Å²) in [6.45, 7) is 0.939. The first-order valence-electron chi connectivity index (χ1n) is 8.22. The molecule has 2 fully saturated rings. The van der Waals surface area contributed by atoms with E-state index in [2.05, 4.69) is 5.32 Å². The maximum atomic E-state index is 13.9. The summed E-state index contributed by atoms with van der Waals surface area (Å²) in [7, 11) is 0. The first kappa shape index (κ1) is 16.6. The van der Waals surface area contributed by atoms with Crippen molar-refractivity contribution in [1.82, 2.24) is 10.2 Å². The smallest absolute Gasteiger partial charge is 0.254 e. The number of carbonyl (C=O) groups excluding carboxylic acids is 2. The number of halogens is 3. The van der Waals surface area contributed by atoms with E-state index in [1.54, 1.807) is 4.90 Å². The van der Waals surface area contributed by atoms with Crippen LogP contribution in [0.1, 0.15) is 23.2 Å². The molecule has 2 heterocycles. The van der Waals surface area contributed by atoms with E-state index < -0.39 is 17.5 Å². The van der Waals surface area contributed by atoms with E-state index in [1.807, 2.05) is 0 Å². The molecular weight excluding hydrogens is 345 g/mol. The van der Waals surface area contributed by atoms with Crippen molar-refractivity contribution in [2.45, 2.75) is 18.4 Å². The molecule has 0 bridgehead atoms. The molecule has 2 aliphatic rings. The van der Waals surface area contributed by atoms with E-state index in [-0.39, 0.29) is 22.9 Å². The molecule has 0 unspecified atom stereocenters. The van der Waals surface area contributed by atoms with Crippen LogP contribution in [-0.4, -0.2) is 35.3 Å². The second-order valence-corrected chi connectivity index (χ2v) is 6.81. The van der Waals surface area contributed by atoms with Crippen LogP contribution in [-0.2, 0) is 4.79 Å². The quantitative estimate of drug-likeness (QED) is 0.838. The molecule has 0 atom stereocenters. The Labute approximate surface area is 147 Å². The van der Waals surface area contributed by atoms with Gasteiger partial charge in [0.05, 0.1) is 5.54 Å². The predicted molar refractivity (Wildman–Crippen MR) is 87.8 cm³/mol. The summed E-state index contributed by atoms with van der Waals surface area (Å²) >= 11 is 0. The lowest BCUT2D eigenvalue weighted by molar-refractivity contribution is -0.120. The monoisotopic (exact) mass is 360 g/mol. The summed E-state index contributed by atoms with van der Waals surface area (Å²) in [4.78, 5) is 25.5. The molecule has 1 N–H and O–H groups in total. The lowest BCUT2D eigenvalue weighted by Crippen LogP contribution is -2.68. The van der Waals surface area contributed by atoms with Gasteiger partial charge in [-0.1, -0.05) is 12.1 Å². The third-order valence-electron chi connectivity index (χ3n) is 4.96. The Bertz CT molecular complexity index is 906. The normalized spacial score (nSPS) is 18.0. The van der Waals surface area contributed by atoms with Gasteiger partial charge in [-0.3, -0.25) is 9.59 Å². The highest BCUT2D eigenvalue weighted by atomic mass is 19.2. The van der Waals surface area contributed by atoms with Gasteiger partial charge in [-0.05, 0) is 30.2 Å².